The van der Waals surface area contributed by atoms with E-state index in [-0.39, 0.29) is 0 Å². The van der Waals surface area contributed by atoms with Crippen LogP contribution in [0.25, 0.3) is 22.6 Å². The molecule has 0 aliphatic rings. The van der Waals surface area contributed by atoms with E-state index < -0.39 is 11.6 Å². The second kappa shape index (κ2) is 4.31. The number of anilines is 1. The normalized spacial score (nSPS) is 10.9. The van der Waals surface area contributed by atoms with Gasteiger partial charge in [0, 0.05) is 12.6 Å². The van der Waals surface area contributed by atoms with Crippen LogP contribution in [0.15, 0.2) is 30.3 Å². The van der Waals surface area contributed by atoms with Crippen molar-refractivity contribution in [3.05, 3.63) is 42.0 Å². The average Bonchev–Trinajstić information content (AvgIpc) is 2.84. The van der Waals surface area contributed by atoms with E-state index in [1.54, 1.807) is 13.1 Å². The summed E-state index contributed by atoms with van der Waals surface area (Å²) in [5, 5.41) is 2.91. The number of H-pyrrole nitrogens is 1. The maximum absolute atomic E-state index is 13.2. The Balaban J connectivity index is 2.11. The molecule has 0 amide bonds. The van der Waals surface area contributed by atoms with Crippen LogP contribution in [0.2, 0.25) is 0 Å². The molecule has 0 atom stereocenters. The zero-order valence-corrected chi connectivity index (χ0v) is 10.0. The van der Waals surface area contributed by atoms with Gasteiger partial charge in [0.25, 0.3) is 0 Å². The lowest BCUT2D eigenvalue weighted by atomic mass is 10.2. The molecular weight excluding hydrogens is 250 g/mol. The molecule has 2 heterocycles. The summed E-state index contributed by atoms with van der Waals surface area (Å²) in [6, 6.07) is 7.27. The lowest BCUT2D eigenvalue weighted by Gasteiger charge is -1.97. The van der Waals surface area contributed by atoms with Crippen molar-refractivity contribution in [3.63, 3.8) is 0 Å². The van der Waals surface area contributed by atoms with Gasteiger partial charge in [0.15, 0.2) is 17.3 Å². The number of hydrogen-bond acceptors (Lipinski definition) is 3. The van der Waals surface area contributed by atoms with Crippen LogP contribution in [0.1, 0.15) is 0 Å². The molecule has 0 spiro atoms. The third-order valence-electron chi connectivity index (χ3n) is 2.80. The number of rotatable bonds is 2. The van der Waals surface area contributed by atoms with Crippen LogP contribution in [-0.2, 0) is 0 Å². The Labute approximate surface area is 107 Å². The Kier molecular flexibility index (Phi) is 2.63. The number of pyridine rings is 1. The molecule has 0 bridgehead atoms. The van der Waals surface area contributed by atoms with Gasteiger partial charge in [0.05, 0.1) is 5.52 Å². The van der Waals surface area contributed by atoms with Gasteiger partial charge in [0.1, 0.15) is 11.6 Å². The first kappa shape index (κ1) is 11.6. The number of hydrogen-bond donors (Lipinski definition) is 2. The van der Waals surface area contributed by atoms with Crippen molar-refractivity contribution in [1.29, 1.82) is 0 Å². The van der Waals surface area contributed by atoms with Crippen LogP contribution < -0.4 is 5.32 Å². The van der Waals surface area contributed by atoms with Crippen molar-refractivity contribution in [3.8, 4) is 11.4 Å². The molecule has 6 heteroatoms. The number of aromatic amines is 1. The van der Waals surface area contributed by atoms with Gasteiger partial charge in [-0.15, -0.1) is 0 Å². The third-order valence-corrected chi connectivity index (χ3v) is 2.80. The van der Waals surface area contributed by atoms with E-state index in [0.717, 1.165) is 17.6 Å². The minimum Gasteiger partial charge on any atom is -0.373 e. The number of benzene rings is 1. The maximum Gasteiger partial charge on any atom is 0.180 e. The molecule has 0 saturated heterocycles. The fourth-order valence-corrected chi connectivity index (χ4v) is 1.81. The predicted octanol–water partition coefficient (Wildman–Crippen LogP) is 2.94. The summed E-state index contributed by atoms with van der Waals surface area (Å²) in [7, 11) is 1.76. The number of nitrogens with one attached hydrogen (secondary N) is 2. The molecule has 3 rings (SSSR count). The van der Waals surface area contributed by atoms with Crippen molar-refractivity contribution in [2.24, 2.45) is 0 Å². The van der Waals surface area contributed by atoms with Crippen LogP contribution in [0, 0.1) is 11.6 Å². The summed E-state index contributed by atoms with van der Waals surface area (Å²) in [6.45, 7) is 0. The van der Waals surface area contributed by atoms with E-state index in [0.29, 0.717) is 22.9 Å². The Morgan fingerprint density at radius 2 is 1.89 bits per heavy atom. The quantitative estimate of drug-likeness (QED) is 0.744. The van der Waals surface area contributed by atoms with Crippen molar-refractivity contribution in [2.75, 3.05) is 12.4 Å². The second-order valence-electron chi connectivity index (χ2n) is 4.03. The van der Waals surface area contributed by atoms with Crippen molar-refractivity contribution in [2.45, 2.75) is 0 Å². The molecule has 2 N–H and O–H groups in total. The largest absolute Gasteiger partial charge is 0.373 e. The van der Waals surface area contributed by atoms with Gasteiger partial charge in [-0.25, -0.2) is 18.7 Å². The molecule has 0 aliphatic carbocycles. The fraction of sp³-hybridized carbons (Fsp3) is 0.0769. The standard InChI is InChI=1S/C13H10F2N4/c1-16-11-5-4-10-13(18-11)19-12(17-10)7-2-3-8(14)9(15)6-7/h2-6H,1H3,(H2,16,17,18,19). The van der Waals surface area contributed by atoms with Crippen LogP contribution in [0.3, 0.4) is 0 Å². The summed E-state index contributed by atoms with van der Waals surface area (Å²) in [5.41, 5.74) is 1.73. The van der Waals surface area contributed by atoms with E-state index >= 15 is 0 Å². The molecule has 0 fully saturated rings. The molecule has 0 radical (unpaired) electrons. The topological polar surface area (TPSA) is 53.6 Å². The summed E-state index contributed by atoms with van der Waals surface area (Å²) in [5.74, 6) is -0.636. The number of nitrogens with zero attached hydrogens (tertiary/aromatic N) is 2. The van der Waals surface area contributed by atoms with E-state index in [4.69, 9.17) is 0 Å². The van der Waals surface area contributed by atoms with E-state index in [1.165, 1.54) is 6.07 Å². The number of imidazole rings is 1. The summed E-state index contributed by atoms with van der Waals surface area (Å²) >= 11 is 0. The Hall–Kier alpha value is -2.50. The zero-order chi connectivity index (χ0) is 13.4. The molecule has 96 valence electrons. The van der Waals surface area contributed by atoms with Gasteiger partial charge in [0.2, 0.25) is 0 Å². The van der Waals surface area contributed by atoms with Crippen LogP contribution >= 0.6 is 0 Å². The monoisotopic (exact) mass is 260 g/mol. The highest BCUT2D eigenvalue weighted by Gasteiger charge is 2.09. The highest BCUT2D eigenvalue weighted by atomic mass is 19.2. The van der Waals surface area contributed by atoms with Gasteiger partial charge < -0.3 is 10.3 Å². The fourth-order valence-electron chi connectivity index (χ4n) is 1.81. The highest BCUT2D eigenvalue weighted by molar-refractivity contribution is 5.77. The number of fused-ring (bicyclic) bond motifs is 1. The maximum atomic E-state index is 13.2. The highest BCUT2D eigenvalue weighted by Crippen LogP contribution is 2.22. The molecule has 0 aliphatic heterocycles. The van der Waals surface area contributed by atoms with Gasteiger partial charge in [-0.3, -0.25) is 0 Å². The minimum absolute atomic E-state index is 0.453. The SMILES string of the molecule is CNc1ccc2[nH]c(-c3ccc(F)c(F)c3)nc2n1. The van der Waals surface area contributed by atoms with Crippen molar-refractivity contribution in [1.82, 2.24) is 15.0 Å². The van der Waals surface area contributed by atoms with Crippen molar-refractivity contribution < 1.29 is 8.78 Å². The Morgan fingerprint density at radius 3 is 2.63 bits per heavy atom. The lowest BCUT2D eigenvalue weighted by Crippen LogP contribution is -1.91. The zero-order valence-electron chi connectivity index (χ0n) is 10.0. The predicted molar refractivity (Wildman–Crippen MR) is 68.8 cm³/mol. The first-order valence-electron chi connectivity index (χ1n) is 5.67. The van der Waals surface area contributed by atoms with Gasteiger partial charge in [-0.1, -0.05) is 0 Å². The molecule has 0 saturated carbocycles. The van der Waals surface area contributed by atoms with Crippen molar-refractivity contribution >= 4 is 17.0 Å². The second-order valence-corrected chi connectivity index (χ2v) is 4.03. The average molecular weight is 260 g/mol. The van der Waals surface area contributed by atoms with Gasteiger partial charge in [-0.05, 0) is 30.3 Å². The molecule has 1 aromatic carbocycles. The molecule has 19 heavy (non-hydrogen) atoms. The first-order chi connectivity index (χ1) is 9.17. The summed E-state index contributed by atoms with van der Waals surface area (Å²) in [6.07, 6.45) is 0. The van der Waals surface area contributed by atoms with Gasteiger partial charge in [-0.2, -0.15) is 0 Å². The third kappa shape index (κ3) is 2.01. The van der Waals surface area contributed by atoms with Crippen LogP contribution in [0.5, 0.6) is 0 Å². The Bertz CT molecular complexity index is 751. The molecule has 4 nitrogen and oxygen atoms in total. The van der Waals surface area contributed by atoms with Crippen LogP contribution in [-0.4, -0.2) is 22.0 Å². The molecule has 3 aromatic rings. The lowest BCUT2D eigenvalue weighted by molar-refractivity contribution is 0.509. The summed E-state index contributed by atoms with van der Waals surface area (Å²) < 4.78 is 26.1. The molecule has 2 aromatic heterocycles. The summed E-state index contributed by atoms with van der Waals surface area (Å²) in [4.78, 5) is 11.5. The van der Waals surface area contributed by atoms with Gasteiger partial charge >= 0.3 is 0 Å². The number of halogens is 2. The minimum atomic E-state index is -0.901. The van der Waals surface area contributed by atoms with Crippen LogP contribution in [0.4, 0.5) is 14.6 Å². The smallest absolute Gasteiger partial charge is 0.180 e. The molecule has 0 unspecified atom stereocenters. The molecular formula is C13H10F2N4. The number of aromatic nitrogens is 3. The van der Waals surface area contributed by atoms with E-state index in [9.17, 15) is 8.78 Å². The van der Waals surface area contributed by atoms with E-state index in [2.05, 4.69) is 20.3 Å². The Morgan fingerprint density at radius 1 is 1.05 bits per heavy atom. The van der Waals surface area contributed by atoms with E-state index in [1.807, 2.05) is 6.07 Å². The first-order valence-corrected chi connectivity index (χ1v) is 5.67.